The number of ether oxygens (including phenoxy) is 1. The van der Waals surface area contributed by atoms with Crippen LogP contribution in [0.15, 0.2) is 46.7 Å². The Hall–Kier alpha value is -3.60. The first-order chi connectivity index (χ1) is 14.8. The largest absolute Gasteiger partial charge is 0.495 e. The molecule has 2 aromatic carbocycles. The molecule has 0 spiro atoms. The Balaban J connectivity index is 1.48. The summed E-state index contributed by atoms with van der Waals surface area (Å²) in [6.07, 6.45) is 0. The topological polar surface area (TPSA) is 104 Å². The lowest BCUT2D eigenvalue weighted by atomic mass is 10.1. The molecular weight excluding hydrogens is 436 g/mol. The van der Waals surface area contributed by atoms with E-state index < -0.39 is 41.4 Å². The lowest BCUT2D eigenvalue weighted by Crippen LogP contribution is -2.43. The highest BCUT2D eigenvalue weighted by molar-refractivity contribution is 6.32. The fraction of sp³-hybridized carbons (Fsp3) is 0.211. The van der Waals surface area contributed by atoms with E-state index in [0.29, 0.717) is 21.4 Å². The van der Waals surface area contributed by atoms with Gasteiger partial charge in [0.05, 0.1) is 17.8 Å². The second-order valence-corrected chi connectivity index (χ2v) is 7.11. The minimum absolute atomic E-state index is 0.129. The zero-order valence-corrected chi connectivity index (χ0v) is 16.6. The predicted molar refractivity (Wildman–Crippen MR) is 105 cm³/mol. The molecular formula is C19H14ClF2N5O4. The average Bonchev–Trinajstić information content (AvgIpc) is 3.24. The number of hydrogen-bond acceptors (Lipinski definition) is 7. The third-order valence-electron chi connectivity index (χ3n) is 4.76. The van der Waals surface area contributed by atoms with Crippen molar-refractivity contribution in [3.05, 3.63) is 53.1 Å². The molecule has 4 rings (SSSR count). The van der Waals surface area contributed by atoms with E-state index >= 15 is 0 Å². The lowest BCUT2D eigenvalue weighted by Gasteiger charge is -2.20. The van der Waals surface area contributed by atoms with Gasteiger partial charge in [-0.25, -0.2) is 13.7 Å². The molecule has 160 valence electrons. The molecule has 2 atom stereocenters. The second-order valence-electron chi connectivity index (χ2n) is 6.70. The number of nitrogens with zero attached hydrogens (tertiary/aromatic N) is 4. The summed E-state index contributed by atoms with van der Waals surface area (Å²) in [4.78, 5) is 38.5. The van der Waals surface area contributed by atoms with Crippen LogP contribution >= 0.6 is 11.6 Å². The molecule has 0 aromatic heterocycles. The summed E-state index contributed by atoms with van der Waals surface area (Å²) < 4.78 is 31.8. The van der Waals surface area contributed by atoms with Crippen molar-refractivity contribution in [1.29, 1.82) is 0 Å². The summed E-state index contributed by atoms with van der Waals surface area (Å²) in [5, 5.41) is 11.5. The van der Waals surface area contributed by atoms with Gasteiger partial charge in [0.15, 0.2) is 23.7 Å². The van der Waals surface area contributed by atoms with Crippen LogP contribution in [0.5, 0.6) is 5.75 Å². The van der Waals surface area contributed by atoms with Crippen molar-refractivity contribution >= 4 is 40.7 Å². The SMILES string of the molecule is COc1ccc(NC(=O)CN2N=N[C@H]3C(=O)N(c4ccc(F)c(F)c4)C(=O)[C@H]32)cc1Cl. The number of methoxy groups -OCH3 is 1. The summed E-state index contributed by atoms with van der Waals surface area (Å²) in [5.74, 6) is -3.90. The molecule has 2 aliphatic rings. The zero-order chi connectivity index (χ0) is 22.3. The molecule has 0 saturated carbocycles. The average molecular weight is 450 g/mol. The van der Waals surface area contributed by atoms with Crippen LogP contribution in [0.4, 0.5) is 20.2 Å². The monoisotopic (exact) mass is 449 g/mol. The summed E-state index contributed by atoms with van der Waals surface area (Å²) in [6, 6.07) is 4.96. The molecule has 12 heteroatoms. The van der Waals surface area contributed by atoms with E-state index in [9.17, 15) is 23.2 Å². The predicted octanol–water partition coefficient (Wildman–Crippen LogP) is 2.56. The normalized spacial score (nSPS) is 19.7. The molecule has 0 bridgehead atoms. The van der Waals surface area contributed by atoms with E-state index in [1.54, 1.807) is 12.1 Å². The smallest absolute Gasteiger partial charge is 0.263 e. The molecule has 9 nitrogen and oxygen atoms in total. The quantitative estimate of drug-likeness (QED) is 0.706. The van der Waals surface area contributed by atoms with Gasteiger partial charge >= 0.3 is 0 Å². The van der Waals surface area contributed by atoms with Gasteiger partial charge in [0.25, 0.3) is 11.8 Å². The summed E-state index contributed by atoms with van der Waals surface area (Å²) in [6.45, 7) is -0.376. The van der Waals surface area contributed by atoms with E-state index in [2.05, 4.69) is 15.7 Å². The first-order valence-electron chi connectivity index (χ1n) is 8.94. The number of halogens is 3. The molecule has 0 aliphatic carbocycles. The zero-order valence-electron chi connectivity index (χ0n) is 15.9. The molecule has 1 saturated heterocycles. The second kappa shape index (κ2) is 7.91. The molecule has 31 heavy (non-hydrogen) atoms. The number of rotatable bonds is 5. The molecule has 3 amide bonds. The summed E-state index contributed by atoms with van der Waals surface area (Å²) in [5.41, 5.74) is 0.261. The fourth-order valence-corrected chi connectivity index (χ4v) is 3.58. The standard InChI is InChI=1S/C19H14ClF2N5O4/c1-31-14-5-2-9(6-11(14)20)23-15(28)8-26-17-16(24-25-26)18(29)27(19(17)30)10-3-4-12(21)13(22)7-10/h2-7,16-17H,8H2,1H3,(H,23,28)/t16-,17+/m1/s1. The minimum Gasteiger partial charge on any atom is -0.495 e. The molecule has 2 aliphatic heterocycles. The van der Waals surface area contributed by atoms with Crippen LogP contribution in [0.25, 0.3) is 0 Å². The highest BCUT2D eigenvalue weighted by Gasteiger charge is 2.55. The summed E-state index contributed by atoms with van der Waals surface area (Å²) >= 11 is 6.03. The van der Waals surface area contributed by atoms with Crippen LogP contribution in [0.1, 0.15) is 0 Å². The van der Waals surface area contributed by atoms with Gasteiger partial charge in [-0.3, -0.25) is 19.4 Å². The molecule has 0 unspecified atom stereocenters. The third-order valence-corrected chi connectivity index (χ3v) is 5.06. The van der Waals surface area contributed by atoms with Crippen molar-refractivity contribution in [1.82, 2.24) is 5.01 Å². The van der Waals surface area contributed by atoms with E-state index in [1.165, 1.54) is 13.2 Å². The Morgan fingerprint density at radius 2 is 1.94 bits per heavy atom. The number of benzene rings is 2. The molecule has 0 radical (unpaired) electrons. The highest BCUT2D eigenvalue weighted by Crippen LogP contribution is 2.32. The number of nitrogens with one attached hydrogen (secondary N) is 1. The maximum Gasteiger partial charge on any atom is 0.263 e. The molecule has 2 heterocycles. The van der Waals surface area contributed by atoms with Crippen LogP contribution in [-0.4, -0.2) is 48.5 Å². The first kappa shape index (κ1) is 20.7. The van der Waals surface area contributed by atoms with Crippen LogP contribution in [0, 0.1) is 11.6 Å². The lowest BCUT2D eigenvalue weighted by molar-refractivity contribution is -0.123. The van der Waals surface area contributed by atoms with Gasteiger partial charge in [-0.15, -0.1) is 0 Å². The first-order valence-corrected chi connectivity index (χ1v) is 9.31. The van der Waals surface area contributed by atoms with Crippen molar-refractivity contribution in [2.45, 2.75) is 12.1 Å². The van der Waals surface area contributed by atoms with Gasteiger partial charge in [0.2, 0.25) is 5.91 Å². The van der Waals surface area contributed by atoms with Crippen molar-refractivity contribution in [3.8, 4) is 5.75 Å². The Bertz CT molecular complexity index is 1130. The number of carbonyl (C=O) groups is 3. The van der Waals surface area contributed by atoms with Gasteiger partial charge in [-0.1, -0.05) is 16.8 Å². The molecule has 1 N–H and O–H groups in total. The summed E-state index contributed by atoms with van der Waals surface area (Å²) in [7, 11) is 1.46. The van der Waals surface area contributed by atoms with E-state index in [0.717, 1.165) is 23.2 Å². The molecule has 1 fully saturated rings. The number of anilines is 2. The maximum atomic E-state index is 13.6. The Morgan fingerprint density at radius 3 is 2.61 bits per heavy atom. The van der Waals surface area contributed by atoms with Gasteiger partial charge < -0.3 is 10.1 Å². The van der Waals surface area contributed by atoms with Gasteiger partial charge in [-0.2, -0.15) is 5.11 Å². The van der Waals surface area contributed by atoms with Gasteiger partial charge in [-0.05, 0) is 30.3 Å². The fourth-order valence-electron chi connectivity index (χ4n) is 3.32. The van der Waals surface area contributed by atoms with Crippen molar-refractivity contribution < 1.29 is 27.9 Å². The number of hydrogen-bond donors (Lipinski definition) is 1. The van der Waals surface area contributed by atoms with Gasteiger partial charge in [0.1, 0.15) is 12.3 Å². The highest BCUT2D eigenvalue weighted by atomic mass is 35.5. The van der Waals surface area contributed by atoms with Crippen molar-refractivity contribution in [3.63, 3.8) is 0 Å². The number of fused-ring (bicyclic) bond motifs is 1. The van der Waals surface area contributed by atoms with Crippen LogP contribution in [-0.2, 0) is 14.4 Å². The van der Waals surface area contributed by atoms with E-state index in [-0.39, 0.29) is 12.2 Å². The third kappa shape index (κ3) is 3.67. The number of amides is 3. The Kier molecular flexibility index (Phi) is 5.27. The van der Waals surface area contributed by atoms with Crippen molar-refractivity contribution in [2.75, 3.05) is 23.9 Å². The Labute approximate surface area is 179 Å². The van der Waals surface area contributed by atoms with Gasteiger partial charge in [0, 0.05) is 11.8 Å². The van der Waals surface area contributed by atoms with Crippen LogP contribution < -0.4 is 15.0 Å². The number of imide groups is 1. The van der Waals surface area contributed by atoms with Crippen LogP contribution in [0.2, 0.25) is 5.02 Å². The molecule has 2 aromatic rings. The van der Waals surface area contributed by atoms with E-state index in [1.807, 2.05) is 0 Å². The Morgan fingerprint density at radius 1 is 1.16 bits per heavy atom. The van der Waals surface area contributed by atoms with Crippen molar-refractivity contribution in [2.24, 2.45) is 10.3 Å². The minimum atomic E-state index is -1.20. The van der Waals surface area contributed by atoms with E-state index in [4.69, 9.17) is 16.3 Å². The van der Waals surface area contributed by atoms with Crippen LogP contribution in [0.3, 0.4) is 0 Å². The number of carbonyl (C=O) groups excluding carboxylic acids is 3. The maximum absolute atomic E-state index is 13.6.